The number of anilines is 2. The predicted octanol–water partition coefficient (Wildman–Crippen LogP) is 3.72. The van der Waals surface area contributed by atoms with Gasteiger partial charge in [-0.05, 0) is 48.9 Å². The molecule has 164 valence electrons. The van der Waals surface area contributed by atoms with Crippen LogP contribution in [0.4, 0.5) is 21.9 Å². The van der Waals surface area contributed by atoms with Gasteiger partial charge in [-0.2, -0.15) is 0 Å². The molecule has 9 nitrogen and oxygen atoms in total. The van der Waals surface area contributed by atoms with E-state index in [2.05, 4.69) is 5.32 Å². The van der Waals surface area contributed by atoms with E-state index in [4.69, 9.17) is 14.9 Å². The Morgan fingerprint density at radius 3 is 2.07 bits per heavy atom. The van der Waals surface area contributed by atoms with Crippen LogP contribution in [0.3, 0.4) is 0 Å². The maximum absolute atomic E-state index is 12.1. The van der Waals surface area contributed by atoms with Crippen LogP contribution in [-0.4, -0.2) is 47.5 Å². The first kappa shape index (κ1) is 24.9. The van der Waals surface area contributed by atoms with Crippen molar-refractivity contribution in [1.82, 2.24) is 0 Å². The van der Waals surface area contributed by atoms with E-state index < -0.39 is 17.1 Å². The Morgan fingerprint density at radius 1 is 1.07 bits per heavy atom. The largest absolute Gasteiger partial charge is 0.441 e. The van der Waals surface area contributed by atoms with Gasteiger partial charge >= 0.3 is 6.09 Å². The van der Waals surface area contributed by atoms with Gasteiger partial charge in [0.1, 0.15) is 6.10 Å². The Morgan fingerprint density at radius 2 is 1.60 bits per heavy atom. The van der Waals surface area contributed by atoms with E-state index in [0.717, 1.165) is 5.69 Å². The topological polar surface area (TPSA) is 125 Å². The predicted molar refractivity (Wildman–Crippen MR) is 116 cm³/mol. The molecule has 1 unspecified atom stereocenters. The lowest BCUT2D eigenvalue weighted by Crippen LogP contribution is -2.29. The third-order valence-corrected chi connectivity index (χ3v) is 4.08. The maximum Gasteiger partial charge on any atom is 0.412 e. The number of non-ortho nitro benzene ring substituents is 1. The minimum absolute atomic E-state index is 0.0306. The summed E-state index contributed by atoms with van der Waals surface area (Å²) in [7, 11) is 0. The van der Waals surface area contributed by atoms with Gasteiger partial charge in [-0.15, -0.1) is 0 Å². The number of hydrogen-bond acceptors (Lipinski definition) is 7. The van der Waals surface area contributed by atoms with Crippen molar-refractivity contribution in [1.29, 1.82) is 0 Å². The van der Waals surface area contributed by atoms with Crippen LogP contribution < -0.4 is 10.2 Å². The van der Waals surface area contributed by atoms with Gasteiger partial charge in [0, 0.05) is 36.6 Å². The van der Waals surface area contributed by atoms with Gasteiger partial charge < -0.3 is 19.8 Å². The van der Waals surface area contributed by atoms with Crippen molar-refractivity contribution >= 4 is 23.2 Å². The van der Waals surface area contributed by atoms with Crippen molar-refractivity contribution < 1.29 is 24.7 Å². The molecule has 0 bridgehead atoms. The lowest BCUT2D eigenvalue weighted by molar-refractivity contribution is -0.384. The summed E-state index contributed by atoms with van der Waals surface area (Å²) in [6.45, 7) is 6.38. The van der Waals surface area contributed by atoms with Crippen LogP contribution in [0, 0.1) is 10.1 Å². The molecule has 0 aliphatic rings. The molecule has 1 amide bonds. The number of amides is 1. The minimum atomic E-state index is -0.652. The molecule has 9 heteroatoms. The number of carbonyl (C=O) groups excluding carboxylic acids is 1. The van der Waals surface area contributed by atoms with Gasteiger partial charge in [-0.1, -0.05) is 13.8 Å². The molecule has 0 saturated carbocycles. The summed E-state index contributed by atoms with van der Waals surface area (Å²) in [6.07, 6.45) is -1.23. The Bertz CT molecular complexity index is 774. The molecule has 0 aliphatic heterocycles. The first-order valence-electron chi connectivity index (χ1n) is 9.73. The molecule has 0 saturated heterocycles. The molecular weight excluding hydrogens is 390 g/mol. The van der Waals surface area contributed by atoms with E-state index >= 15 is 0 Å². The molecule has 3 N–H and O–H groups in total. The summed E-state index contributed by atoms with van der Waals surface area (Å²) < 4.78 is 5.30. The molecule has 1 atom stereocenters. The standard InChI is InChI=1S/C19H23N3O6.C2H6/c1-14(15-2-6-18(7-3-15)22(26)27)28-19(25)20-16-4-8-17(9-5-16)21(10-12-23)11-13-24;1-2/h2-9,14,23-24H,10-13H2,1H3,(H,20,25);1-2H3. The monoisotopic (exact) mass is 419 g/mol. The van der Waals surface area contributed by atoms with Crippen LogP contribution in [0.5, 0.6) is 0 Å². The number of rotatable bonds is 9. The van der Waals surface area contributed by atoms with Gasteiger partial charge in [0.25, 0.3) is 5.69 Å². The third kappa shape index (κ3) is 7.69. The Balaban J connectivity index is 0.00000218. The summed E-state index contributed by atoms with van der Waals surface area (Å²) in [4.78, 5) is 24.1. The average molecular weight is 419 g/mol. The van der Waals surface area contributed by atoms with Crippen LogP contribution in [0.2, 0.25) is 0 Å². The van der Waals surface area contributed by atoms with Crippen LogP contribution >= 0.6 is 0 Å². The van der Waals surface area contributed by atoms with Crippen LogP contribution in [-0.2, 0) is 4.74 Å². The maximum atomic E-state index is 12.1. The molecule has 2 aromatic rings. The van der Waals surface area contributed by atoms with E-state index in [9.17, 15) is 14.9 Å². The Hall–Kier alpha value is -3.17. The molecule has 2 aromatic carbocycles. The summed E-state index contributed by atoms with van der Waals surface area (Å²) in [6, 6.07) is 12.7. The van der Waals surface area contributed by atoms with Gasteiger partial charge in [0.15, 0.2) is 0 Å². The number of benzene rings is 2. The summed E-state index contributed by atoms with van der Waals surface area (Å²) in [5, 5.41) is 31.5. The molecule has 2 rings (SSSR count). The van der Waals surface area contributed by atoms with Gasteiger partial charge in [-0.3, -0.25) is 15.4 Å². The molecule has 0 radical (unpaired) electrons. The molecule has 0 aliphatic carbocycles. The number of hydrogen-bond donors (Lipinski definition) is 3. The first-order valence-corrected chi connectivity index (χ1v) is 9.73. The molecular formula is C21H29N3O6. The highest BCUT2D eigenvalue weighted by atomic mass is 16.6. The first-order chi connectivity index (χ1) is 14.4. The molecule has 0 spiro atoms. The van der Waals surface area contributed by atoms with Gasteiger partial charge in [0.2, 0.25) is 0 Å². The number of nitrogens with zero attached hydrogens (tertiary/aromatic N) is 2. The lowest BCUT2D eigenvalue weighted by Gasteiger charge is -2.23. The summed E-state index contributed by atoms with van der Waals surface area (Å²) >= 11 is 0. The fraction of sp³-hybridized carbons (Fsp3) is 0.381. The summed E-state index contributed by atoms with van der Waals surface area (Å²) in [5.41, 5.74) is 1.94. The SMILES string of the molecule is CC.CC(OC(=O)Nc1ccc(N(CCO)CCO)cc1)c1ccc([N+](=O)[O-])cc1. The van der Waals surface area contributed by atoms with E-state index in [1.54, 1.807) is 43.3 Å². The number of nitro groups is 1. The minimum Gasteiger partial charge on any atom is -0.441 e. The van der Waals surface area contributed by atoms with Gasteiger partial charge in [-0.25, -0.2) is 4.79 Å². The highest BCUT2D eigenvalue weighted by Gasteiger charge is 2.14. The zero-order chi connectivity index (χ0) is 22.5. The average Bonchev–Trinajstić information content (AvgIpc) is 2.75. The fourth-order valence-electron chi connectivity index (χ4n) is 2.61. The van der Waals surface area contributed by atoms with Crippen molar-refractivity contribution in [2.24, 2.45) is 0 Å². The number of aliphatic hydroxyl groups is 2. The van der Waals surface area contributed by atoms with Crippen molar-refractivity contribution in [2.75, 3.05) is 36.5 Å². The highest BCUT2D eigenvalue weighted by molar-refractivity contribution is 5.85. The van der Waals surface area contributed by atoms with Crippen molar-refractivity contribution in [2.45, 2.75) is 26.9 Å². The number of ether oxygens (including phenoxy) is 1. The van der Waals surface area contributed by atoms with E-state index in [-0.39, 0.29) is 18.9 Å². The molecule has 30 heavy (non-hydrogen) atoms. The second-order valence-electron chi connectivity index (χ2n) is 6.00. The van der Waals surface area contributed by atoms with E-state index in [0.29, 0.717) is 24.3 Å². The smallest absolute Gasteiger partial charge is 0.412 e. The summed E-state index contributed by atoms with van der Waals surface area (Å²) in [5.74, 6) is 0. The van der Waals surface area contributed by atoms with E-state index in [1.165, 1.54) is 12.1 Å². The van der Waals surface area contributed by atoms with Crippen molar-refractivity contribution in [3.63, 3.8) is 0 Å². The van der Waals surface area contributed by atoms with Crippen LogP contribution in [0.25, 0.3) is 0 Å². The lowest BCUT2D eigenvalue weighted by atomic mass is 10.1. The zero-order valence-electron chi connectivity index (χ0n) is 17.4. The quantitative estimate of drug-likeness (QED) is 0.418. The van der Waals surface area contributed by atoms with Crippen LogP contribution in [0.1, 0.15) is 32.4 Å². The number of nitro benzene ring substituents is 1. The van der Waals surface area contributed by atoms with Crippen LogP contribution in [0.15, 0.2) is 48.5 Å². The highest BCUT2D eigenvalue weighted by Crippen LogP contribution is 2.22. The second-order valence-corrected chi connectivity index (χ2v) is 6.00. The molecule has 0 heterocycles. The Labute approximate surface area is 176 Å². The molecule has 0 fully saturated rings. The third-order valence-electron chi connectivity index (χ3n) is 4.08. The number of carbonyl (C=O) groups is 1. The van der Waals surface area contributed by atoms with E-state index in [1.807, 2.05) is 18.7 Å². The second kappa shape index (κ2) is 13.1. The van der Waals surface area contributed by atoms with Gasteiger partial charge in [0.05, 0.1) is 18.1 Å². The molecule has 0 aromatic heterocycles. The van der Waals surface area contributed by atoms with Crippen molar-refractivity contribution in [3.8, 4) is 0 Å². The fourth-order valence-corrected chi connectivity index (χ4v) is 2.61. The number of nitrogens with one attached hydrogen (secondary N) is 1. The Kier molecular flexibility index (Phi) is 10.9. The zero-order valence-corrected chi connectivity index (χ0v) is 17.4. The normalized spacial score (nSPS) is 11.0. The van der Waals surface area contributed by atoms with Crippen molar-refractivity contribution in [3.05, 3.63) is 64.2 Å². The number of aliphatic hydroxyl groups excluding tert-OH is 2.